The number of primary amides is 1. The van der Waals surface area contributed by atoms with Crippen LogP contribution in [0.4, 0.5) is 10.6 Å². The second kappa shape index (κ2) is 13.2. The van der Waals surface area contributed by atoms with E-state index in [1.165, 1.54) is 23.0 Å². The molecule has 1 fully saturated rings. The molecule has 12 nitrogen and oxygen atoms in total. The van der Waals surface area contributed by atoms with Crippen molar-refractivity contribution in [1.82, 2.24) is 25.1 Å². The highest BCUT2D eigenvalue weighted by Crippen LogP contribution is 2.19. The van der Waals surface area contributed by atoms with Crippen LogP contribution in [0.25, 0.3) is 11.4 Å². The summed E-state index contributed by atoms with van der Waals surface area (Å²) in [6, 6.07) is 19.2. The van der Waals surface area contributed by atoms with Crippen molar-refractivity contribution in [1.29, 1.82) is 0 Å². The van der Waals surface area contributed by atoms with E-state index in [2.05, 4.69) is 20.6 Å². The SMILES string of the molecule is COC(=O)N1CCN(C(=O)[C@H](CC(N)=O)NC(=O)c2cc(NCc3ccccc3)nc(-c3ccccc3)n2)CC1. The lowest BCUT2D eigenvalue weighted by Gasteiger charge is -2.35. The first-order valence-corrected chi connectivity index (χ1v) is 12.8. The number of amides is 4. The van der Waals surface area contributed by atoms with Crippen molar-refractivity contribution < 1.29 is 23.9 Å². The Morgan fingerprint density at radius 1 is 0.925 bits per heavy atom. The van der Waals surface area contributed by atoms with Crippen LogP contribution in [-0.4, -0.2) is 82.9 Å². The van der Waals surface area contributed by atoms with Gasteiger partial charge in [0.05, 0.1) is 13.5 Å². The molecule has 0 bridgehead atoms. The molecule has 1 aliphatic heterocycles. The number of benzene rings is 2. The highest BCUT2D eigenvalue weighted by molar-refractivity contribution is 5.98. The van der Waals surface area contributed by atoms with Gasteiger partial charge < -0.3 is 30.9 Å². The van der Waals surface area contributed by atoms with Gasteiger partial charge in [-0.3, -0.25) is 14.4 Å². The van der Waals surface area contributed by atoms with Gasteiger partial charge in [-0.2, -0.15) is 0 Å². The van der Waals surface area contributed by atoms with Crippen LogP contribution in [0.2, 0.25) is 0 Å². The maximum Gasteiger partial charge on any atom is 0.409 e. The van der Waals surface area contributed by atoms with Crippen LogP contribution in [0.5, 0.6) is 0 Å². The minimum Gasteiger partial charge on any atom is -0.453 e. The van der Waals surface area contributed by atoms with Crippen LogP contribution in [0.15, 0.2) is 66.7 Å². The standard InChI is InChI=1S/C28H31N7O5/c1-40-28(39)35-14-12-34(13-15-35)27(38)22(16-23(29)36)32-26(37)21-17-24(30-18-19-8-4-2-5-9-19)33-25(31-21)20-10-6-3-7-11-20/h2-11,17,22H,12-16,18H2,1H3,(H2,29,36)(H,32,37)(H,30,31,33)/t22-/m0/s1. The van der Waals surface area contributed by atoms with Crippen molar-refractivity contribution in [3.8, 4) is 11.4 Å². The van der Waals surface area contributed by atoms with Crippen LogP contribution in [0, 0.1) is 0 Å². The van der Waals surface area contributed by atoms with Gasteiger partial charge in [0.2, 0.25) is 11.8 Å². The lowest BCUT2D eigenvalue weighted by Crippen LogP contribution is -2.56. The van der Waals surface area contributed by atoms with Crippen molar-refractivity contribution >= 4 is 29.6 Å². The molecule has 0 saturated carbocycles. The Kier molecular flexibility index (Phi) is 9.23. The number of piperazine rings is 1. The fraction of sp³-hybridized carbons (Fsp3) is 0.286. The summed E-state index contributed by atoms with van der Waals surface area (Å²) in [4.78, 5) is 62.2. The number of carbonyl (C=O) groups is 4. The van der Waals surface area contributed by atoms with Crippen molar-refractivity contribution in [3.63, 3.8) is 0 Å². The molecular weight excluding hydrogens is 514 g/mol. The van der Waals surface area contributed by atoms with E-state index in [1.807, 2.05) is 60.7 Å². The predicted molar refractivity (Wildman–Crippen MR) is 147 cm³/mol. The number of methoxy groups -OCH3 is 1. The van der Waals surface area contributed by atoms with E-state index in [0.717, 1.165) is 5.56 Å². The van der Waals surface area contributed by atoms with Gasteiger partial charge >= 0.3 is 6.09 Å². The second-order valence-electron chi connectivity index (χ2n) is 9.15. The first kappa shape index (κ1) is 28.0. The molecule has 4 rings (SSSR count). The molecule has 12 heteroatoms. The fourth-order valence-corrected chi connectivity index (χ4v) is 4.25. The van der Waals surface area contributed by atoms with Crippen molar-refractivity contribution in [2.24, 2.45) is 5.73 Å². The molecule has 3 aromatic rings. The van der Waals surface area contributed by atoms with E-state index in [9.17, 15) is 19.2 Å². The second-order valence-corrected chi connectivity index (χ2v) is 9.15. The Labute approximate surface area is 231 Å². The summed E-state index contributed by atoms with van der Waals surface area (Å²) in [5.74, 6) is -1.14. The summed E-state index contributed by atoms with van der Waals surface area (Å²) in [6.45, 7) is 1.43. The van der Waals surface area contributed by atoms with Gasteiger partial charge in [-0.1, -0.05) is 60.7 Å². The summed E-state index contributed by atoms with van der Waals surface area (Å²) in [5.41, 5.74) is 7.15. The number of hydrogen-bond acceptors (Lipinski definition) is 8. The molecule has 1 aromatic heterocycles. The van der Waals surface area contributed by atoms with Gasteiger partial charge in [0, 0.05) is 44.4 Å². The first-order chi connectivity index (χ1) is 19.3. The van der Waals surface area contributed by atoms with Crippen molar-refractivity contribution in [2.75, 3.05) is 38.6 Å². The van der Waals surface area contributed by atoms with E-state index in [1.54, 1.807) is 0 Å². The van der Waals surface area contributed by atoms with Gasteiger partial charge in [-0.15, -0.1) is 0 Å². The summed E-state index contributed by atoms with van der Waals surface area (Å²) in [6.07, 6.45) is -0.874. The van der Waals surface area contributed by atoms with Gasteiger partial charge in [-0.25, -0.2) is 14.8 Å². The highest BCUT2D eigenvalue weighted by Gasteiger charge is 2.32. The molecule has 4 N–H and O–H groups in total. The van der Waals surface area contributed by atoms with Gasteiger partial charge in [0.25, 0.3) is 5.91 Å². The molecule has 4 amide bonds. The van der Waals surface area contributed by atoms with Gasteiger partial charge in [-0.05, 0) is 5.56 Å². The first-order valence-electron chi connectivity index (χ1n) is 12.8. The molecule has 208 valence electrons. The van der Waals surface area contributed by atoms with Crippen LogP contribution < -0.4 is 16.4 Å². The maximum atomic E-state index is 13.4. The van der Waals surface area contributed by atoms with Crippen LogP contribution in [0.1, 0.15) is 22.5 Å². The Morgan fingerprint density at radius 2 is 1.55 bits per heavy atom. The van der Waals surface area contributed by atoms with Crippen LogP contribution in [0.3, 0.4) is 0 Å². The van der Waals surface area contributed by atoms with E-state index in [4.69, 9.17) is 10.5 Å². The largest absolute Gasteiger partial charge is 0.453 e. The lowest BCUT2D eigenvalue weighted by atomic mass is 10.1. The molecule has 1 aliphatic rings. The third-order valence-electron chi connectivity index (χ3n) is 6.34. The molecule has 2 aromatic carbocycles. The molecule has 0 aliphatic carbocycles. The van der Waals surface area contributed by atoms with E-state index >= 15 is 0 Å². The molecule has 2 heterocycles. The average Bonchev–Trinajstić information content (AvgIpc) is 2.99. The van der Waals surface area contributed by atoms with Crippen LogP contribution in [-0.2, 0) is 20.9 Å². The van der Waals surface area contributed by atoms with Crippen LogP contribution >= 0.6 is 0 Å². The number of aromatic nitrogens is 2. The zero-order chi connectivity index (χ0) is 28.5. The molecular formula is C28H31N7O5. The third kappa shape index (κ3) is 7.31. The predicted octanol–water partition coefficient (Wildman–Crippen LogP) is 1.64. The number of anilines is 1. The topological polar surface area (TPSA) is 160 Å². The minimum absolute atomic E-state index is 0.0159. The maximum absolute atomic E-state index is 13.4. The Bertz CT molecular complexity index is 1350. The minimum atomic E-state index is -1.20. The molecule has 0 spiro atoms. The van der Waals surface area contributed by atoms with E-state index in [-0.39, 0.29) is 31.9 Å². The number of hydrogen-bond donors (Lipinski definition) is 3. The number of nitrogens with zero attached hydrogens (tertiary/aromatic N) is 4. The summed E-state index contributed by atoms with van der Waals surface area (Å²) in [7, 11) is 1.29. The molecule has 1 saturated heterocycles. The van der Waals surface area contributed by atoms with Crippen molar-refractivity contribution in [3.05, 3.63) is 78.0 Å². The Balaban J connectivity index is 1.54. The quantitative estimate of drug-likeness (QED) is 0.366. The zero-order valence-electron chi connectivity index (χ0n) is 22.1. The monoisotopic (exact) mass is 545 g/mol. The normalized spacial score (nSPS) is 13.7. The molecule has 40 heavy (non-hydrogen) atoms. The molecule has 0 unspecified atom stereocenters. The third-order valence-corrected chi connectivity index (χ3v) is 6.34. The smallest absolute Gasteiger partial charge is 0.409 e. The number of nitrogens with one attached hydrogen (secondary N) is 2. The highest BCUT2D eigenvalue weighted by atomic mass is 16.5. The van der Waals surface area contributed by atoms with Gasteiger partial charge in [0.1, 0.15) is 17.6 Å². The lowest BCUT2D eigenvalue weighted by molar-refractivity contribution is -0.136. The van der Waals surface area contributed by atoms with Crippen molar-refractivity contribution in [2.45, 2.75) is 19.0 Å². The van der Waals surface area contributed by atoms with E-state index < -0.39 is 36.3 Å². The number of nitrogens with two attached hydrogens (primary N) is 1. The number of rotatable bonds is 9. The summed E-state index contributed by atoms with van der Waals surface area (Å²) < 4.78 is 4.73. The fourth-order valence-electron chi connectivity index (χ4n) is 4.25. The van der Waals surface area contributed by atoms with Gasteiger partial charge in [0.15, 0.2) is 5.82 Å². The average molecular weight is 546 g/mol. The Hall–Kier alpha value is -5.00. The molecule has 1 atom stereocenters. The number of ether oxygens (including phenoxy) is 1. The zero-order valence-corrected chi connectivity index (χ0v) is 22.1. The van der Waals surface area contributed by atoms with E-state index in [0.29, 0.717) is 23.8 Å². The summed E-state index contributed by atoms with van der Waals surface area (Å²) >= 11 is 0. The summed E-state index contributed by atoms with van der Waals surface area (Å²) in [5, 5.41) is 5.85. The Morgan fingerprint density at radius 3 is 2.17 bits per heavy atom. The molecule has 0 radical (unpaired) electrons. The number of carbonyl (C=O) groups excluding carboxylic acids is 4.